The molecule has 1 heterocycles. The van der Waals surface area contributed by atoms with Gasteiger partial charge in [-0.2, -0.15) is 0 Å². The lowest BCUT2D eigenvalue weighted by Gasteiger charge is -2.12. The monoisotopic (exact) mass is 424 g/mol. The van der Waals surface area contributed by atoms with Gasteiger partial charge >= 0.3 is 0 Å². The molecule has 0 saturated heterocycles. The van der Waals surface area contributed by atoms with Gasteiger partial charge in [-0.15, -0.1) is 0 Å². The zero-order valence-corrected chi connectivity index (χ0v) is 17.5. The summed E-state index contributed by atoms with van der Waals surface area (Å²) in [6, 6.07) is 9.12. The number of fused-ring (bicyclic) bond motifs is 1. The number of rotatable bonds is 7. The van der Waals surface area contributed by atoms with E-state index >= 15 is 0 Å². The van der Waals surface area contributed by atoms with Gasteiger partial charge in [0.15, 0.2) is 0 Å². The van der Waals surface area contributed by atoms with E-state index in [-0.39, 0.29) is 9.92 Å². The van der Waals surface area contributed by atoms with Crippen LogP contribution >= 0.6 is 11.6 Å². The molecule has 9 heteroatoms. The first-order chi connectivity index (χ1) is 13.2. The maximum atomic E-state index is 13.2. The number of halogens is 2. The number of imidazole rings is 1. The molecule has 0 aliphatic carbocycles. The smallest absolute Gasteiger partial charge is 0.242 e. The Morgan fingerprint density at radius 1 is 1.21 bits per heavy atom. The highest BCUT2D eigenvalue weighted by atomic mass is 35.5. The average Bonchev–Trinajstić information content (AvgIpc) is 2.98. The van der Waals surface area contributed by atoms with Gasteiger partial charge in [0, 0.05) is 20.6 Å². The summed E-state index contributed by atoms with van der Waals surface area (Å²) >= 11 is 6.07. The minimum Gasteiger partial charge on any atom is -0.377 e. The van der Waals surface area contributed by atoms with Crippen LogP contribution in [-0.2, 0) is 23.1 Å². The molecule has 0 amide bonds. The average molecular weight is 425 g/mol. The maximum absolute atomic E-state index is 13.2. The predicted molar refractivity (Wildman–Crippen MR) is 110 cm³/mol. The van der Waals surface area contributed by atoms with E-state index in [1.165, 1.54) is 30.5 Å². The topological polar surface area (TPSA) is 67.2 Å². The van der Waals surface area contributed by atoms with Gasteiger partial charge in [0.05, 0.1) is 33.2 Å². The molecule has 0 bridgehead atoms. The third-order valence-corrected chi connectivity index (χ3v) is 6.52. The minimum absolute atomic E-state index is 0.201. The maximum Gasteiger partial charge on any atom is 0.242 e. The van der Waals surface area contributed by atoms with Crippen LogP contribution in [0.3, 0.4) is 0 Å². The predicted octanol–water partition coefficient (Wildman–Crippen LogP) is 4.10. The van der Waals surface area contributed by atoms with Crippen molar-refractivity contribution in [2.24, 2.45) is 0 Å². The van der Waals surface area contributed by atoms with Crippen LogP contribution in [0.15, 0.2) is 41.3 Å². The van der Waals surface area contributed by atoms with Crippen molar-refractivity contribution in [1.29, 1.82) is 0 Å². The van der Waals surface area contributed by atoms with Gasteiger partial charge < -0.3 is 9.88 Å². The van der Waals surface area contributed by atoms with Crippen LogP contribution in [0.25, 0.3) is 11.0 Å². The van der Waals surface area contributed by atoms with E-state index in [2.05, 4.69) is 17.2 Å². The van der Waals surface area contributed by atoms with E-state index < -0.39 is 15.8 Å². The second-order valence-electron chi connectivity index (χ2n) is 6.60. The number of nitrogens with one attached hydrogen (secondary N) is 1. The number of nitrogens with zero attached hydrogens (tertiary/aromatic N) is 3. The van der Waals surface area contributed by atoms with Crippen molar-refractivity contribution in [3.63, 3.8) is 0 Å². The number of hydrogen-bond donors (Lipinski definition) is 1. The highest BCUT2D eigenvalue weighted by molar-refractivity contribution is 7.89. The first-order valence-electron chi connectivity index (χ1n) is 8.84. The summed E-state index contributed by atoms with van der Waals surface area (Å²) in [4.78, 5) is 4.83. The van der Waals surface area contributed by atoms with Crippen LogP contribution in [-0.4, -0.2) is 36.4 Å². The largest absolute Gasteiger partial charge is 0.377 e. The molecule has 6 nitrogen and oxygen atoms in total. The molecular weight excluding hydrogens is 403 g/mol. The normalized spacial score (nSPS) is 12.1. The van der Waals surface area contributed by atoms with E-state index in [0.29, 0.717) is 17.7 Å². The fourth-order valence-corrected chi connectivity index (χ4v) is 4.10. The van der Waals surface area contributed by atoms with Gasteiger partial charge in [0.2, 0.25) is 10.0 Å². The molecule has 150 valence electrons. The fourth-order valence-electron chi connectivity index (χ4n) is 2.95. The molecule has 0 saturated carbocycles. The lowest BCUT2D eigenvalue weighted by atomic mass is 10.3. The van der Waals surface area contributed by atoms with Crippen molar-refractivity contribution in [3.8, 4) is 0 Å². The molecular formula is C19H22ClFN4O2S. The zero-order chi connectivity index (χ0) is 20.5. The molecule has 0 aliphatic heterocycles. The molecule has 1 aromatic heterocycles. The summed E-state index contributed by atoms with van der Waals surface area (Å²) in [6.45, 7) is 3.17. The van der Waals surface area contributed by atoms with Crippen LogP contribution < -0.4 is 5.32 Å². The highest BCUT2D eigenvalue weighted by Crippen LogP contribution is 2.25. The van der Waals surface area contributed by atoms with Crippen molar-refractivity contribution in [2.45, 2.75) is 31.3 Å². The van der Waals surface area contributed by atoms with Crippen LogP contribution in [0, 0.1) is 5.82 Å². The molecule has 0 atom stereocenters. The van der Waals surface area contributed by atoms with Gasteiger partial charge in [0.25, 0.3) is 0 Å². The molecule has 0 spiro atoms. The Hall–Kier alpha value is -2.16. The van der Waals surface area contributed by atoms with Crippen LogP contribution in [0.2, 0.25) is 5.02 Å². The van der Waals surface area contributed by atoms with E-state index in [0.717, 1.165) is 24.3 Å². The van der Waals surface area contributed by atoms with Crippen molar-refractivity contribution in [1.82, 2.24) is 13.9 Å². The number of benzene rings is 2. The molecule has 0 unspecified atom stereocenters. The van der Waals surface area contributed by atoms with Crippen LogP contribution in [0.1, 0.15) is 19.2 Å². The Morgan fingerprint density at radius 3 is 2.61 bits per heavy atom. The van der Waals surface area contributed by atoms with Gasteiger partial charge in [-0.1, -0.05) is 18.5 Å². The first-order valence-corrected chi connectivity index (χ1v) is 10.7. The molecule has 2 aromatic carbocycles. The first kappa shape index (κ1) is 20.6. The zero-order valence-electron chi connectivity index (χ0n) is 15.9. The Labute approximate surface area is 169 Å². The number of anilines is 1. The molecule has 3 rings (SSSR count). The number of sulfonamides is 1. The fraction of sp³-hybridized carbons (Fsp3) is 0.316. The van der Waals surface area contributed by atoms with Crippen LogP contribution in [0.4, 0.5) is 10.1 Å². The summed E-state index contributed by atoms with van der Waals surface area (Å²) in [5.74, 6) is 0.347. The lowest BCUT2D eigenvalue weighted by Crippen LogP contribution is -2.22. The molecule has 28 heavy (non-hydrogen) atoms. The van der Waals surface area contributed by atoms with Crippen LogP contribution in [0.5, 0.6) is 0 Å². The van der Waals surface area contributed by atoms with E-state index in [1.807, 2.05) is 4.57 Å². The summed E-state index contributed by atoms with van der Waals surface area (Å²) in [5, 5.41) is 3.46. The van der Waals surface area contributed by atoms with E-state index in [1.54, 1.807) is 24.3 Å². The SMILES string of the molecule is CCCn1c(CNc2ccc(F)cc2Cl)nc2cc(S(=O)(=O)N(C)C)ccc21. The van der Waals surface area contributed by atoms with Gasteiger partial charge in [-0.25, -0.2) is 22.1 Å². The van der Waals surface area contributed by atoms with Crippen molar-refractivity contribution >= 4 is 38.3 Å². The van der Waals surface area contributed by atoms with Gasteiger partial charge in [-0.05, 0) is 42.8 Å². The molecule has 3 aromatic rings. The quantitative estimate of drug-likeness (QED) is 0.620. The Kier molecular flexibility index (Phi) is 5.92. The van der Waals surface area contributed by atoms with Gasteiger partial charge in [-0.3, -0.25) is 0 Å². The number of aromatic nitrogens is 2. The third kappa shape index (κ3) is 3.99. The lowest BCUT2D eigenvalue weighted by molar-refractivity contribution is 0.521. The summed E-state index contributed by atoms with van der Waals surface area (Å²) in [6.07, 6.45) is 0.896. The van der Waals surface area contributed by atoms with Crippen molar-refractivity contribution in [2.75, 3.05) is 19.4 Å². The number of aryl methyl sites for hydroxylation is 1. The van der Waals surface area contributed by atoms with E-state index in [9.17, 15) is 12.8 Å². The Bertz CT molecular complexity index is 1110. The van der Waals surface area contributed by atoms with Gasteiger partial charge in [0.1, 0.15) is 11.6 Å². The Morgan fingerprint density at radius 2 is 1.96 bits per heavy atom. The Balaban J connectivity index is 1.98. The molecule has 1 N–H and O–H groups in total. The number of hydrogen-bond acceptors (Lipinski definition) is 4. The van der Waals surface area contributed by atoms with Crippen molar-refractivity contribution < 1.29 is 12.8 Å². The minimum atomic E-state index is -3.53. The standard InChI is InChI=1S/C19H22ClFN4O2S/c1-4-9-25-18-8-6-14(28(26,27)24(2)3)11-17(18)23-19(25)12-22-16-7-5-13(21)10-15(16)20/h5-8,10-11,22H,4,9,12H2,1-3H3. The summed E-state index contributed by atoms with van der Waals surface area (Å²) in [7, 11) is -0.540. The second kappa shape index (κ2) is 8.06. The molecule has 0 radical (unpaired) electrons. The second-order valence-corrected chi connectivity index (χ2v) is 9.15. The summed E-state index contributed by atoms with van der Waals surface area (Å²) in [5.41, 5.74) is 2.08. The highest BCUT2D eigenvalue weighted by Gasteiger charge is 2.19. The molecule has 0 aliphatic rings. The van der Waals surface area contributed by atoms with Crippen molar-refractivity contribution in [3.05, 3.63) is 53.1 Å². The third-order valence-electron chi connectivity index (χ3n) is 4.39. The summed E-state index contributed by atoms with van der Waals surface area (Å²) < 4.78 is 41.3. The molecule has 0 fully saturated rings. The van der Waals surface area contributed by atoms with E-state index in [4.69, 9.17) is 11.6 Å².